The Balaban J connectivity index is 0.968. The molecule has 1 N–H and O–H groups in total. The lowest BCUT2D eigenvalue weighted by molar-refractivity contribution is -0.140. The highest BCUT2D eigenvalue weighted by Crippen LogP contribution is 2.34. The van der Waals surface area contributed by atoms with Crippen molar-refractivity contribution in [2.45, 2.75) is 82.8 Å². The van der Waals surface area contributed by atoms with Gasteiger partial charge >= 0.3 is 0 Å². The second-order valence-corrected chi connectivity index (χ2v) is 15.0. The fraction of sp³-hybridized carbons (Fsp3) is 0.390. The first-order valence-corrected chi connectivity index (χ1v) is 18.8. The van der Waals surface area contributed by atoms with Gasteiger partial charge in [0, 0.05) is 47.1 Å². The molecule has 1 aliphatic heterocycles. The van der Waals surface area contributed by atoms with Crippen molar-refractivity contribution in [3.63, 3.8) is 0 Å². The lowest BCUT2D eigenvalue weighted by Gasteiger charge is -2.39. The molecule has 7 rings (SSSR count). The van der Waals surface area contributed by atoms with E-state index in [9.17, 15) is 19.5 Å². The van der Waals surface area contributed by atoms with Gasteiger partial charge in [-0.3, -0.25) is 23.9 Å². The number of halogens is 2. The number of likely N-dealkylation sites (tertiary alicyclic amines) is 1. The number of nitrogens with zero attached hydrogens (tertiary/aromatic N) is 4. The molecule has 3 aromatic carbocycles. The number of Topliss-reactive ketones (excluding diaryl/α,β-unsaturated/α-hetero) is 1. The average Bonchev–Trinajstić information content (AvgIpc) is 3.14. The molecule has 2 aromatic heterocycles. The first kappa shape index (κ1) is 35.3. The van der Waals surface area contributed by atoms with Crippen LogP contribution in [0, 0.1) is 5.92 Å². The molecule has 1 atom stereocenters. The molecule has 10 heteroatoms. The van der Waals surface area contributed by atoms with E-state index in [0.29, 0.717) is 73.1 Å². The molecule has 1 amide bonds. The zero-order valence-corrected chi connectivity index (χ0v) is 30.1. The number of amides is 1. The molecule has 0 radical (unpaired) electrons. The molecule has 8 nitrogen and oxygen atoms in total. The normalized spacial score (nSPS) is 16.3. The summed E-state index contributed by atoms with van der Waals surface area (Å²) in [4.78, 5) is 51.5. The van der Waals surface area contributed by atoms with Crippen LogP contribution in [-0.2, 0) is 30.6 Å². The zero-order chi connectivity index (χ0) is 35.5. The molecule has 1 unspecified atom stereocenters. The number of aliphatic hydroxyl groups is 1. The van der Waals surface area contributed by atoms with Crippen molar-refractivity contribution in [2.75, 3.05) is 13.1 Å². The number of rotatable bonds is 11. The van der Waals surface area contributed by atoms with Crippen LogP contribution in [0.4, 0.5) is 0 Å². The molecule has 1 fully saturated rings. The molecule has 1 saturated heterocycles. The van der Waals surface area contributed by atoms with Gasteiger partial charge in [0.15, 0.2) is 5.78 Å². The van der Waals surface area contributed by atoms with E-state index in [0.717, 1.165) is 64.9 Å². The summed E-state index contributed by atoms with van der Waals surface area (Å²) in [6.45, 7) is 0.894. The number of aryl methyl sites for hydroxylation is 1. The lowest BCUT2D eigenvalue weighted by atomic mass is 9.88. The topological polar surface area (TPSA) is 105 Å². The molecule has 2 aliphatic rings. The fourth-order valence-corrected chi connectivity index (χ4v) is 8.22. The van der Waals surface area contributed by atoms with E-state index in [-0.39, 0.29) is 29.7 Å². The standard InChI is InChI=1S/C41H42Cl2N4O4/c42-30-15-17-33-35(24-30)44-26-47(40(33)50)25-41(51)18-20-46(21-19-41)39(49)29(22-27-8-2-1-3-9-27)10-4-7-13-37(48)28-14-16-32-36(23-28)45-34-12-6-5-11-31(34)38(32)43/h1-3,8-9,14-17,23-24,26,29,51H,4-7,10-13,18-22,25H2. The van der Waals surface area contributed by atoms with E-state index in [1.54, 1.807) is 18.2 Å². The number of carbonyl (C=O) groups excluding carboxylic acids is 2. The largest absolute Gasteiger partial charge is 0.388 e. The minimum Gasteiger partial charge on any atom is -0.388 e. The van der Waals surface area contributed by atoms with Crippen LogP contribution in [0.1, 0.15) is 78.5 Å². The smallest absolute Gasteiger partial charge is 0.261 e. The number of unbranched alkanes of at least 4 members (excludes halogenated alkanes) is 1. The SMILES string of the molecule is O=C(CCCCC(Cc1ccccc1)C(=O)N1CCC(O)(Cn2cnc3cc(Cl)ccc3c2=O)CC1)c1ccc2c(Cl)c3c(nc2c1)CCCC3. The maximum absolute atomic E-state index is 14.0. The number of hydrogen-bond acceptors (Lipinski definition) is 6. The Morgan fingerprint density at radius 2 is 1.67 bits per heavy atom. The van der Waals surface area contributed by atoms with Gasteiger partial charge in [-0.25, -0.2) is 4.98 Å². The summed E-state index contributed by atoms with van der Waals surface area (Å²) < 4.78 is 1.45. The summed E-state index contributed by atoms with van der Waals surface area (Å²) in [5, 5.41) is 14.1. The number of carbonyl (C=O) groups is 2. The minimum atomic E-state index is -1.14. The molecule has 51 heavy (non-hydrogen) atoms. The number of aromatic nitrogens is 3. The quantitative estimate of drug-likeness (QED) is 0.110. The zero-order valence-electron chi connectivity index (χ0n) is 28.6. The second-order valence-electron chi connectivity index (χ2n) is 14.2. The number of piperidine rings is 1. The average molecular weight is 726 g/mol. The molecule has 3 heterocycles. The fourth-order valence-electron chi connectivity index (χ4n) is 7.69. The predicted molar refractivity (Wildman–Crippen MR) is 202 cm³/mol. The van der Waals surface area contributed by atoms with Crippen molar-refractivity contribution in [3.05, 3.63) is 116 Å². The van der Waals surface area contributed by atoms with E-state index in [1.165, 1.54) is 10.9 Å². The Kier molecular flexibility index (Phi) is 10.6. The maximum Gasteiger partial charge on any atom is 0.261 e. The summed E-state index contributed by atoms with van der Waals surface area (Å²) in [7, 11) is 0. The highest BCUT2D eigenvalue weighted by molar-refractivity contribution is 6.36. The number of ketones is 1. The number of pyridine rings is 1. The molecule has 5 aromatic rings. The van der Waals surface area contributed by atoms with Crippen LogP contribution in [0.2, 0.25) is 10.0 Å². The van der Waals surface area contributed by atoms with Gasteiger partial charge in [-0.2, -0.15) is 0 Å². The van der Waals surface area contributed by atoms with Crippen LogP contribution in [-0.4, -0.2) is 54.9 Å². The summed E-state index contributed by atoms with van der Waals surface area (Å²) in [5.74, 6) is -0.112. The van der Waals surface area contributed by atoms with Crippen molar-refractivity contribution < 1.29 is 14.7 Å². The monoisotopic (exact) mass is 724 g/mol. The van der Waals surface area contributed by atoms with Crippen molar-refractivity contribution in [3.8, 4) is 0 Å². The number of hydrogen-bond donors (Lipinski definition) is 1. The van der Waals surface area contributed by atoms with Gasteiger partial charge in [-0.1, -0.05) is 72.1 Å². The van der Waals surface area contributed by atoms with Crippen LogP contribution >= 0.6 is 23.2 Å². The van der Waals surface area contributed by atoms with Crippen molar-refractivity contribution in [1.82, 2.24) is 19.4 Å². The van der Waals surface area contributed by atoms with Gasteiger partial charge in [0.05, 0.1) is 39.9 Å². The van der Waals surface area contributed by atoms with Gasteiger partial charge in [-0.15, -0.1) is 0 Å². The highest BCUT2D eigenvalue weighted by atomic mass is 35.5. The molecule has 0 spiro atoms. The molecular weight excluding hydrogens is 683 g/mol. The van der Waals surface area contributed by atoms with Gasteiger partial charge in [0.2, 0.25) is 5.91 Å². The molecule has 0 saturated carbocycles. The van der Waals surface area contributed by atoms with Crippen LogP contribution in [0.5, 0.6) is 0 Å². The second kappa shape index (κ2) is 15.2. The van der Waals surface area contributed by atoms with Crippen LogP contribution < -0.4 is 5.56 Å². The van der Waals surface area contributed by atoms with E-state index < -0.39 is 5.60 Å². The first-order valence-electron chi connectivity index (χ1n) is 18.0. The third-order valence-corrected chi connectivity index (χ3v) is 11.3. The summed E-state index contributed by atoms with van der Waals surface area (Å²) in [6, 6.07) is 20.6. The lowest BCUT2D eigenvalue weighted by Crippen LogP contribution is -2.51. The highest BCUT2D eigenvalue weighted by Gasteiger charge is 2.36. The van der Waals surface area contributed by atoms with E-state index >= 15 is 0 Å². The summed E-state index contributed by atoms with van der Waals surface area (Å²) >= 11 is 12.8. The van der Waals surface area contributed by atoms with E-state index in [4.69, 9.17) is 28.2 Å². The Morgan fingerprint density at radius 1 is 0.902 bits per heavy atom. The number of benzene rings is 3. The first-order chi connectivity index (χ1) is 24.7. The molecule has 1 aliphatic carbocycles. The molecular formula is C41H42Cl2N4O4. The Hall–Kier alpha value is -4.11. The van der Waals surface area contributed by atoms with Crippen LogP contribution in [0.15, 0.2) is 77.9 Å². The van der Waals surface area contributed by atoms with Crippen molar-refractivity contribution in [2.24, 2.45) is 5.92 Å². The summed E-state index contributed by atoms with van der Waals surface area (Å²) in [5.41, 5.74) is 3.86. The van der Waals surface area contributed by atoms with Crippen LogP contribution in [0.3, 0.4) is 0 Å². The Morgan fingerprint density at radius 3 is 2.47 bits per heavy atom. The van der Waals surface area contributed by atoms with Gasteiger partial charge in [0.1, 0.15) is 0 Å². The predicted octanol–water partition coefficient (Wildman–Crippen LogP) is 7.79. The molecule has 0 bridgehead atoms. The van der Waals surface area contributed by atoms with E-state index in [1.807, 2.05) is 53.4 Å². The van der Waals surface area contributed by atoms with Gasteiger partial charge in [0.25, 0.3) is 5.56 Å². The minimum absolute atomic E-state index is 0.0643. The van der Waals surface area contributed by atoms with Gasteiger partial charge < -0.3 is 10.0 Å². The van der Waals surface area contributed by atoms with Crippen molar-refractivity contribution in [1.29, 1.82) is 0 Å². The third kappa shape index (κ3) is 7.88. The third-order valence-electron chi connectivity index (χ3n) is 10.7. The van der Waals surface area contributed by atoms with E-state index in [2.05, 4.69) is 4.98 Å². The Labute approximate surface area is 307 Å². The number of fused-ring (bicyclic) bond motifs is 3. The summed E-state index contributed by atoms with van der Waals surface area (Å²) in [6.07, 6.45) is 9.34. The molecule has 264 valence electrons. The van der Waals surface area contributed by atoms with Gasteiger partial charge in [-0.05, 0) is 93.2 Å². The van der Waals surface area contributed by atoms with Crippen LogP contribution in [0.25, 0.3) is 21.8 Å². The Bertz CT molecular complexity index is 2140. The maximum atomic E-state index is 14.0. The van der Waals surface area contributed by atoms with Crippen molar-refractivity contribution >= 4 is 56.7 Å².